The van der Waals surface area contributed by atoms with Crippen LogP contribution in [-0.2, 0) is 11.3 Å². The van der Waals surface area contributed by atoms with Gasteiger partial charge in [-0.25, -0.2) is 0 Å². The van der Waals surface area contributed by atoms with Crippen molar-refractivity contribution in [2.24, 2.45) is 0 Å². The van der Waals surface area contributed by atoms with E-state index in [4.69, 9.17) is 0 Å². The van der Waals surface area contributed by atoms with Crippen molar-refractivity contribution >= 4 is 29.0 Å². The first kappa shape index (κ1) is 21.9. The number of nitrogens with zero attached hydrogens (tertiary/aromatic N) is 5. The molecule has 3 heterocycles. The van der Waals surface area contributed by atoms with Crippen LogP contribution in [0.25, 0.3) is 16.4 Å². The molecule has 5 rings (SSSR count). The van der Waals surface area contributed by atoms with Gasteiger partial charge in [-0.05, 0) is 29.1 Å². The van der Waals surface area contributed by atoms with E-state index >= 15 is 0 Å². The van der Waals surface area contributed by atoms with Crippen LogP contribution >= 0.6 is 23.1 Å². The molecule has 1 saturated heterocycles. The topological polar surface area (TPSA) is 54.3 Å². The van der Waals surface area contributed by atoms with Gasteiger partial charge in [0.1, 0.15) is 0 Å². The number of hydrogen-bond donors (Lipinski definition) is 0. The third kappa shape index (κ3) is 5.19. The molecule has 1 amide bonds. The van der Waals surface area contributed by atoms with Crippen molar-refractivity contribution < 1.29 is 4.79 Å². The summed E-state index contributed by atoms with van der Waals surface area (Å²) in [5.41, 5.74) is 2.31. The van der Waals surface area contributed by atoms with Crippen molar-refractivity contribution in [3.63, 3.8) is 0 Å². The summed E-state index contributed by atoms with van der Waals surface area (Å²) in [6, 6.07) is 24.6. The molecule has 0 N–H and O–H groups in total. The number of benzene rings is 2. The van der Waals surface area contributed by atoms with E-state index < -0.39 is 0 Å². The predicted octanol–water partition coefficient (Wildman–Crippen LogP) is 4.43. The number of aromatic nitrogens is 3. The van der Waals surface area contributed by atoms with Gasteiger partial charge < -0.3 is 4.90 Å². The minimum atomic E-state index is 0.152. The lowest BCUT2D eigenvalue weighted by molar-refractivity contribution is -0.130. The molecular formula is C25H25N5OS2. The van der Waals surface area contributed by atoms with Crippen LogP contribution < -0.4 is 0 Å². The molecule has 0 aliphatic carbocycles. The fourth-order valence-corrected chi connectivity index (χ4v) is 5.51. The van der Waals surface area contributed by atoms with Gasteiger partial charge in [0, 0.05) is 38.4 Å². The Labute approximate surface area is 201 Å². The number of carbonyl (C=O) groups excluding carboxylic acids is 1. The quantitative estimate of drug-likeness (QED) is 0.370. The van der Waals surface area contributed by atoms with Crippen LogP contribution in [0.5, 0.6) is 0 Å². The van der Waals surface area contributed by atoms with Crippen LogP contribution in [0.3, 0.4) is 0 Å². The third-order valence-electron chi connectivity index (χ3n) is 5.69. The van der Waals surface area contributed by atoms with Crippen molar-refractivity contribution in [2.75, 3.05) is 31.9 Å². The molecule has 2 aromatic carbocycles. The smallest absolute Gasteiger partial charge is 0.233 e. The molecule has 168 valence electrons. The minimum Gasteiger partial charge on any atom is -0.339 e. The molecule has 0 saturated carbocycles. The molecule has 33 heavy (non-hydrogen) atoms. The Hall–Kier alpha value is -2.94. The van der Waals surface area contributed by atoms with Gasteiger partial charge in [0.2, 0.25) is 5.91 Å². The summed E-state index contributed by atoms with van der Waals surface area (Å²) >= 11 is 3.09. The summed E-state index contributed by atoms with van der Waals surface area (Å²) in [5.74, 6) is 1.31. The summed E-state index contributed by atoms with van der Waals surface area (Å²) < 4.78 is 2.04. The number of para-hydroxylation sites is 1. The third-order valence-corrected chi connectivity index (χ3v) is 7.47. The number of carbonyl (C=O) groups is 1. The van der Waals surface area contributed by atoms with Gasteiger partial charge in [-0.2, -0.15) is 0 Å². The molecule has 1 fully saturated rings. The van der Waals surface area contributed by atoms with Crippen molar-refractivity contribution in [1.29, 1.82) is 0 Å². The monoisotopic (exact) mass is 475 g/mol. The zero-order chi connectivity index (χ0) is 22.5. The van der Waals surface area contributed by atoms with Crippen molar-refractivity contribution in [3.8, 4) is 16.4 Å². The summed E-state index contributed by atoms with van der Waals surface area (Å²) in [5, 5.41) is 11.6. The van der Waals surface area contributed by atoms with E-state index in [0.717, 1.165) is 54.3 Å². The molecule has 0 radical (unpaired) electrons. The Balaban J connectivity index is 1.22. The Bertz CT molecular complexity index is 1170. The number of amides is 1. The Morgan fingerprint density at radius 1 is 0.879 bits per heavy atom. The van der Waals surface area contributed by atoms with Gasteiger partial charge in [0.15, 0.2) is 11.0 Å². The zero-order valence-corrected chi connectivity index (χ0v) is 19.8. The van der Waals surface area contributed by atoms with Crippen LogP contribution in [0.1, 0.15) is 5.56 Å². The highest BCUT2D eigenvalue weighted by atomic mass is 32.2. The zero-order valence-electron chi connectivity index (χ0n) is 18.2. The molecule has 1 aliphatic heterocycles. The van der Waals surface area contributed by atoms with E-state index in [1.54, 1.807) is 11.3 Å². The van der Waals surface area contributed by atoms with Crippen LogP contribution in [0.4, 0.5) is 0 Å². The minimum absolute atomic E-state index is 0.152. The highest BCUT2D eigenvalue weighted by Crippen LogP contribution is 2.30. The maximum atomic E-state index is 13.0. The van der Waals surface area contributed by atoms with E-state index in [0.29, 0.717) is 5.75 Å². The van der Waals surface area contributed by atoms with E-state index in [2.05, 4.69) is 39.4 Å². The molecule has 1 aliphatic rings. The molecule has 6 nitrogen and oxygen atoms in total. The molecule has 0 atom stereocenters. The maximum absolute atomic E-state index is 13.0. The molecule has 2 aromatic heterocycles. The maximum Gasteiger partial charge on any atom is 0.233 e. The van der Waals surface area contributed by atoms with Gasteiger partial charge in [-0.1, -0.05) is 66.4 Å². The fourth-order valence-electron chi connectivity index (χ4n) is 3.95. The average molecular weight is 476 g/mol. The predicted molar refractivity (Wildman–Crippen MR) is 134 cm³/mol. The van der Waals surface area contributed by atoms with Gasteiger partial charge in [0.25, 0.3) is 0 Å². The van der Waals surface area contributed by atoms with Gasteiger partial charge in [0.05, 0.1) is 10.6 Å². The summed E-state index contributed by atoms with van der Waals surface area (Å²) in [6.45, 7) is 4.25. The molecular weight excluding hydrogens is 450 g/mol. The van der Waals surface area contributed by atoms with Crippen molar-refractivity contribution in [1.82, 2.24) is 24.6 Å². The first-order valence-electron chi connectivity index (χ1n) is 11.0. The summed E-state index contributed by atoms with van der Waals surface area (Å²) in [4.78, 5) is 18.4. The molecule has 0 unspecified atom stereocenters. The van der Waals surface area contributed by atoms with Crippen LogP contribution in [0, 0.1) is 0 Å². The first-order valence-corrected chi connectivity index (χ1v) is 12.9. The van der Waals surface area contributed by atoms with Crippen molar-refractivity contribution in [2.45, 2.75) is 11.7 Å². The largest absolute Gasteiger partial charge is 0.339 e. The fraction of sp³-hybridized carbons (Fsp3) is 0.240. The van der Waals surface area contributed by atoms with Crippen LogP contribution in [0.2, 0.25) is 0 Å². The second-order valence-corrected chi connectivity index (χ2v) is 9.78. The number of thioether (sulfide) groups is 1. The number of rotatable bonds is 7. The second-order valence-electron chi connectivity index (χ2n) is 7.89. The van der Waals surface area contributed by atoms with E-state index in [1.165, 1.54) is 17.3 Å². The Morgan fingerprint density at radius 2 is 1.61 bits per heavy atom. The lowest BCUT2D eigenvalue weighted by Crippen LogP contribution is -2.48. The molecule has 0 bridgehead atoms. The van der Waals surface area contributed by atoms with Gasteiger partial charge >= 0.3 is 0 Å². The highest BCUT2D eigenvalue weighted by Gasteiger charge is 2.23. The highest BCUT2D eigenvalue weighted by molar-refractivity contribution is 7.99. The lowest BCUT2D eigenvalue weighted by atomic mass is 10.2. The summed E-state index contributed by atoms with van der Waals surface area (Å²) in [7, 11) is 0. The molecule has 4 aromatic rings. The number of hydrogen-bond acceptors (Lipinski definition) is 6. The van der Waals surface area contributed by atoms with Gasteiger partial charge in [-0.3, -0.25) is 14.3 Å². The van der Waals surface area contributed by atoms with E-state index in [9.17, 15) is 4.79 Å². The summed E-state index contributed by atoms with van der Waals surface area (Å²) in [6.07, 6.45) is 0. The number of piperazine rings is 1. The van der Waals surface area contributed by atoms with Crippen LogP contribution in [0.15, 0.2) is 83.3 Å². The second kappa shape index (κ2) is 10.3. The SMILES string of the molecule is O=C(CSc1nnc(-c2cccs2)n1-c1ccccc1)N1CCN(Cc2ccccc2)CC1. The normalized spacial score (nSPS) is 14.5. The Morgan fingerprint density at radius 3 is 2.30 bits per heavy atom. The molecule has 8 heteroatoms. The van der Waals surface area contributed by atoms with E-state index in [-0.39, 0.29) is 5.91 Å². The standard InChI is InChI=1S/C25H25N5OS2/c31-23(29-15-13-28(14-16-29)18-20-8-3-1-4-9-20)19-33-25-27-26-24(22-12-7-17-32-22)30(25)21-10-5-2-6-11-21/h1-12,17H,13-16,18-19H2. The lowest BCUT2D eigenvalue weighted by Gasteiger charge is -2.34. The molecule has 0 spiro atoms. The first-order chi connectivity index (χ1) is 16.3. The van der Waals surface area contributed by atoms with Gasteiger partial charge in [-0.15, -0.1) is 21.5 Å². The van der Waals surface area contributed by atoms with Crippen LogP contribution in [-0.4, -0.2) is 62.4 Å². The average Bonchev–Trinajstić information content (AvgIpc) is 3.54. The van der Waals surface area contributed by atoms with E-state index in [1.807, 2.05) is 63.4 Å². The number of thiophene rings is 1. The Kier molecular flexibility index (Phi) is 6.85. The van der Waals surface area contributed by atoms with Crippen molar-refractivity contribution in [3.05, 3.63) is 83.7 Å².